The lowest BCUT2D eigenvalue weighted by atomic mass is 9.99. The molecule has 0 radical (unpaired) electrons. The van der Waals surface area contributed by atoms with E-state index in [-0.39, 0.29) is 18.1 Å². The zero-order valence-corrected chi connectivity index (χ0v) is 13.2. The maximum absolute atomic E-state index is 11.0. The van der Waals surface area contributed by atoms with Crippen LogP contribution in [0.15, 0.2) is 30.3 Å². The summed E-state index contributed by atoms with van der Waals surface area (Å²) in [4.78, 5) is 11.0. The van der Waals surface area contributed by atoms with Crippen molar-refractivity contribution in [2.45, 2.75) is 38.9 Å². The molecule has 1 aliphatic heterocycles. The molecule has 1 saturated heterocycles. The molecule has 0 spiro atoms. The molecule has 1 unspecified atom stereocenters. The molecule has 4 heteroatoms. The summed E-state index contributed by atoms with van der Waals surface area (Å²) in [5.74, 6) is -1.05. The third kappa shape index (κ3) is 4.97. The lowest BCUT2D eigenvalue weighted by molar-refractivity contribution is -0.141. The monoisotopic (exact) mass is 304 g/mol. The van der Waals surface area contributed by atoms with Gasteiger partial charge in [0.25, 0.3) is 0 Å². The summed E-state index contributed by atoms with van der Waals surface area (Å²) in [6.07, 6.45) is 5.37. The average molecular weight is 304 g/mol. The van der Waals surface area contributed by atoms with E-state index in [9.17, 15) is 4.79 Å². The van der Waals surface area contributed by atoms with Gasteiger partial charge in [0.1, 0.15) is 6.10 Å². The number of ether oxygens (including phenoxy) is 2. The van der Waals surface area contributed by atoms with Gasteiger partial charge in [-0.25, -0.2) is 0 Å². The van der Waals surface area contributed by atoms with Crippen LogP contribution < -0.4 is 0 Å². The van der Waals surface area contributed by atoms with Gasteiger partial charge in [-0.15, -0.1) is 0 Å². The molecule has 1 aromatic carbocycles. The number of carboxylic acid groups (broad SMARTS) is 1. The van der Waals surface area contributed by atoms with Crippen molar-refractivity contribution >= 4 is 12.0 Å². The number of carboxylic acids is 1. The lowest BCUT2D eigenvalue weighted by Crippen LogP contribution is -2.11. The van der Waals surface area contributed by atoms with Gasteiger partial charge in [0.2, 0.25) is 0 Å². The van der Waals surface area contributed by atoms with Crippen molar-refractivity contribution < 1.29 is 19.4 Å². The Labute approximate surface area is 131 Å². The number of allylic oxidation sites excluding steroid dienone is 1. The normalized spacial score (nSPS) is 20.0. The summed E-state index contributed by atoms with van der Waals surface area (Å²) in [7, 11) is 0. The van der Waals surface area contributed by atoms with Crippen molar-refractivity contribution in [3.05, 3.63) is 41.5 Å². The largest absolute Gasteiger partial charge is 0.481 e. The van der Waals surface area contributed by atoms with E-state index in [1.807, 2.05) is 50.3 Å². The quantitative estimate of drug-likeness (QED) is 0.707. The minimum absolute atomic E-state index is 0.00787. The van der Waals surface area contributed by atoms with Crippen LogP contribution in [0, 0.1) is 5.92 Å². The molecule has 2 rings (SSSR count). The van der Waals surface area contributed by atoms with E-state index in [4.69, 9.17) is 14.6 Å². The SMILES string of the molecule is CCC(CC=Cc1ccccc1[C@@H](C)OC[C@H]1CO1)C(=O)O. The molecule has 1 heterocycles. The molecule has 1 aliphatic rings. The Balaban J connectivity index is 1.98. The van der Waals surface area contributed by atoms with Gasteiger partial charge in [0, 0.05) is 0 Å². The van der Waals surface area contributed by atoms with Gasteiger partial charge in [-0.1, -0.05) is 43.3 Å². The van der Waals surface area contributed by atoms with Crippen LogP contribution in [0.5, 0.6) is 0 Å². The van der Waals surface area contributed by atoms with Crippen LogP contribution in [0.2, 0.25) is 0 Å². The Morgan fingerprint density at radius 1 is 1.50 bits per heavy atom. The van der Waals surface area contributed by atoms with Crippen molar-refractivity contribution in [3.8, 4) is 0 Å². The molecule has 0 saturated carbocycles. The van der Waals surface area contributed by atoms with Gasteiger partial charge in [0.05, 0.1) is 25.2 Å². The number of aliphatic carboxylic acids is 1. The second-order valence-corrected chi connectivity index (χ2v) is 5.64. The van der Waals surface area contributed by atoms with Crippen LogP contribution in [0.3, 0.4) is 0 Å². The molecular formula is C18H24O4. The fourth-order valence-corrected chi connectivity index (χ4v) is 2.34. The molecule has 3 atom stereocenters. The summed E-state index contributed by atoms with van der Waals surface area (Å²) >= 11 is 0. The van der Waals surface area contributed by atoms with E-state index in [0.29, 0.717) is 19.4 Å². The molecule has 1 aromatic rings. The van der Waals surface area contributed by atoms with E-state index < -0.39 is 5.97 Å². The molecule has 120 valence electrons. The Morgan fingerprint density at radius 3 is 2.86 bits per heavy atom. The van der Waals surface area contributed by atoms with Crippen LogP contribution in [0.4, 0.5) is 0 Å². The Bertz CT molecular complexity index is 520. The van der Waals surface area contributed by atoms with Crippen LogP contribution in [0.25, 0.3) is 6.08 Å². The lowest BCUT2D eigenvalue weighted by Gasteiger charge is -2.15. The first-order valence-electron chi connectivity index (χ1n) is 7.83. The van der Waals surface area contributed by atoms with Crippen molar-refractivity contribution in [1.29, 1.82) is 0 Å². The zero-order valence-electron chi connectivity index (χ0n) is 13.2. The molecule has 0 amide bonds. The number of benzene rings is 1. The van der Waals surface area contributed by atoms with Gasteiger partial charge in [-0.3, -0.25) is 4.79 Å². The highest BCUT2D eigenvalue weighted by Crippen LogP contribution is 2.24. The van der Waals surface area contributed by atoms with Gasteiger partial charge >= 0.3 is 5.97 Å². The third-order valence-electron chi connectivity index (χ3n) is 3.93. The highest BCUT2D eigenvalue weighted by molar-refractivity contribution is 5.70. The number of rotatable bonds is 9. The smallest absolute Gasteiger partial charge is 0.306 e. The fraction of sp³-hybridized carbons (Fsp3) is 0.500. The van der Waals surface area contributed by atoms with Gasteiger partial charge in [0.15, 0.2) is 0 Å². The molecule has 0 aromatic heterocycles. The number of hydrogen-bond acceptors (Lipinski definition) is 3. The molecule has 1 N–H and O–H groups in total. The summed E-state index contributed by atoms with van der Waals surface area (Å²) in [5, 5.41) is 9.08. The van der Waals surface area contributed by atoms with Crippen molar-refractivity contribution in [2.24, 2.45) is 5.92 Å². The van der Waals surface area contributed by atoms with E-state index in [1.165, 1.54) is 0 Å². The first-order valence-corrected chi connectivity index (χ1v) is 7.83. The topological polar surface area (TPSA) is 59.1 Å². The predicted octanol–water partition coefficient (Wildman–Crippen LogP) is 3.68. The minimum atomic E-state index is -0.735. The van der Waals surface area contributed by atoms with Crippen LogP contribution in [-0.2, 0) is 14.3 Å². The summed E-state index contributed by atoms with van der Waals surface area (Å²) in [6, 6.07) is 8.05. The van der Waals surface area contributed by atoms with Crippen molar-refractivity contribution in [3.63, 3.8) is 0 Å². The minimum Gasteiger partial charge on any atom is -0.481 e. The molecule has 0 bridgehead atoms. The summed E-state index contributed by atoms with van der Waals surface area (Å²) in [5.41, 5.74) is 2.19. The van der Waals surface area contributed by atoms with Gasteiger partial charge in [-0.2, -0.15) is 0 Å². The third-order valence-corrected chi connectivity index (χ3v) is 3.93. The van der Waals surface area contributed by atoms with Gasteiger partial charge in [-0.05, 0) is 30.9 Å². The number of hydrogen-bond donors (Lipinski definition) is 1. The van der Waals surface area contributed by atoms with E-state index >= 15 is 0 Å². The number of epoxide rings is 1. The second-order valence-electron chi connectivity index (χ2n) is 5.64. The van der Waals surface area contributed by atoms with Crippen LogP contribution in [0.1, 0.15) is 43.9 Å². The fourth-order valence-electron chi connectivity index (χ4n) is 2.34. The molecule has 4 nitrogen and oxygen atoms in total. The highest BCUT2D eigenvalue weighted by Gasteiger charge is 2.24. The van der Waals surface area contributed by atoms with E-state index in [1.54, 1.807) is 0 Å². The first kappa shape index (κ1) is 16.7. The van der Waals surface area contributed by atoms with E-state index in [0.717, 1.165) is 17.7 Å². The standard InChI is InChI=1S/C18H24O4/c1-3-14(18(19)20)8-6-9-15-7-4-5-10-17(15)13(2)21-11-16-12-22-16/h4-7,9-10,13-14,16H,3,8,11-12H2,1-2H3,(H,19,20)/t13-,14?,16+/m1/s1. The van der Waals surface area contributed by atoms with Crippen molar-refractivity contribution in [1.82, 2.24) is 0 Å². The highest BCUT2D eigenvalue weighted by atomic mass is 16.6. The van der Waals surface area contributed by atoms with Crippen LogP contribution in [-0.4, -0.2) is 30.4 Å². The molecular weight excluding hydrogens is 280 g/mol. The first-order chi connectivity index (χ1) is 10.6. The maximum atomic E-state index is 11.0. The van der Waals surface area contributed by atoms with E-state index in [2.05, 4.69) is 0 Å². The Morgan fingerprint density at radius 2 is 2.23 bits per heavy atom. The predicted molar refractivity (Wildman–Crippen MR) is 85.6 cm³/mol. The number of carbonyl (C=O) groups is 1. The maximum Gasteiger partial charge on any atom is 0.306 e. The average Bonchev–Trinajstić information content (AvgIpc) is 3.33. The zero-order chi connectivity index (χ0) is 15.9. The summed E-state index contributed by atoms with van der Waals surface area (Å²) in [6.45, 7) is 5.34. The second kappa shape index (κ2) is 8.11. The molecule has 22 heavy (non-hydrogen) atoms. The summed E-state index contributed by atoms with van der Waals surface area (Å²) < 4.78 is 11.0. The molecule has 0 aliphatic carbocycles. The van der Waals surface area contributed by atoms with Crippen molar-refractivity contribution in [2.75, 3.05) is 13.2 Å². The van der Waals surface area contributed by atoms with Crippen LogP contribution >= 0.6 is 0 Å². The Kier molecular flexibility index (Phi) is 6.16. The van der Waals surface area contributed by atoms with Gasteiger partial charge < -0.3 is 14.6 Å². The Hall–Kier alpha value is -1.65. The molecule has 1 fully saturated rings.